The van der Waals surface area contributed by atoms with Gasteiger partial charge < -0.3 is 20.7 Å². The molecule has 1 amide bonds. The van der Waals surface area contributed by atoms with E-state index in [1.807, 2.05) is 6.92 Å². The van der Waals surface area contributed by atoms with E-state index >= 15 is 0 Å². The SMILES string of the molecule is CCNC(=NCC(=O)NCCOC)NC(C)CCCC(C)C. The Morgan fingerprint density at radius 1 is 1.18 bits per heavy atom. The van der Waals surface area contributed by atoms with Crippen molar-refractivity contribution in [1.29, 1.82) is 0 Å². The van der Waals surface area contributed by atoms with Gasteiger partial charge in [0.2, 0.25) is 5.91 Å². The van der Waals surface area contributed by atoms with Crippen LogP contribution in [-0.4, -0.2) is 51.3 Å². The second-order valence-corrected chi connectivity index (χ2v) is 5.91. The first-order chi connectivity index (χ1) is 10.5. The molecule has 6 nitrogen and oxygen atoms in total. The summed E-state index contributed by atoms with van der Waals surface area (Å²) in [6.45, 7) is 10.6. The van der Waals surface area contributed by atoms with Crippen molar-refractivity contribution >= 4 is 11.9 Å². The van der Waals surface area contributed by atoms with Gasteiger partial charge in [-0.3, -0.25) is 4.79 Å². The van der Waals surface area contributed by atoms with Crippen LogP contribution < -0.4 is 16.0 Å². The van der Waals surface area contributed by atoms with Crippen molar-refractivity contribution in [3.8, 4) is 0 Å². The van der Waals surface area contributed by atoms with Crippen LogP contribution in [-0.2, 0) is 9.53 Å². The van der Waals surface area contributed by atoms with Gasteiger partial charge in [0, 0.05) is 26.2 Å². The van der Waals surface area contributed by atoms with Gasteiger partial charge in [0.25, 0.3) is 0 Å². The highest BCUT2D eigenvalue weighted by Crippen LogP contribution is 2.08. The molecule has 0 heterocycles. The van der Waals surface area contributed by atoms with E-state index in [9.17, 15) is 4.79 Å². The summed E-state index contributed by atoms with van der Waals surface area (Å²) in [5.74, 6) is 1.34. The highest BCUT2D eigenvalue weighted by Gasteiger charge is 2.07. The number of carbonyl (C=O) groups is 1. The summed E-state index contributed by atoms with van der Waals surface area (Å²) in [5.41, 5.74) is 0. The van der Waals surface area contributed by atoms with E-state index in [4.69, 9.17) is 4.74 Å². The number of hydrogen-bond acceptors (Lipinski definition) is 3. The van der Waals surface area contributed by atoms with Gasteiger partial charge in [0.15, 0.2) is 5.96 Å². The largest absolute Gasteiger partial charge is 0.383 e. The van der Waals surface area contributed by atoms with Crippen molar-refractivity contribution in [2.75, 3.05) is 33.4 Å². The number of carbonyl (C=O) groups excluding carboxylic acids is 1. The Morgan fingerprint density at radius 3 is 2.50 bits per heavy atom. The molecule has 0 aromatic rings. The molecule has 6 heteroatoms. The Hall–Kier alpha value is -1.30. The number of methoxy groups -OCH3 is 1. The Labute approximate surface area is 135 Å². The molecule has 0 aliphatic carbocycles. The molecule has 1 atom stereocenters. The summed E-state index contributed by atoms with van der Waals surface area (Å²) in [6.07, 6.45) is 3.53. The molecule has 0 aliphatic rings. The smallest absolute Gasteiger partial charge is 0.241 e. The van der Waals surface area contributed by atoms with Crippen LogP contribution in [0.3, 0.4) is 0 Å². The summed E-state index contributed by atoms with van der Waals surface area (Å²) < 4.78 is 4.89. The van der Waals surface area contributed by atoms with Gasteiger partial charge in [-0.1, -0.05) is 26.7 Å². The standard InChI is InChI=1S/C16H34N4O2/c1-6-17-16(19-12-15(21)18-10-11-22-5)20-14(4)9-7-8-13(2)3/h13-14H,6-12H2,1-5H3,(H,18,21)(H2,17,19,20). The van der Waals surface area contributed by atoms with Crippen LogP contribution in [0.25, 0.3) is 0 Å². The van der Waals surface area contributed by atoms with E-state index < -0.39 is 0 Å². The molecule has 130 valence electrons. The van der Waals surface area contributed by atoms with Crippen molar-refractivity contribution in [1.82, 2.24) is 16.0 Å². The number of hydrogen-bond donors (Lipinski definition) is 3. The quantitative estimate of drug-likeness (QED) is 0.307. The minimum atomic E-state index is -0.0956. The highest BCUT2D eigenvalue weighted by atomic mass is 16.5. The maximum Gasteiger partial charge on any atom is 0.241 e. The van der Waals surface area contributed by atoms with Crippen LogP contribution in [0.1, 0.15) is 47.0 Å². The molecular weight excluding hydrogens is 280 g/mol. The molecule has 0 spiro atoms. The summed E-state index contributed by atoms with van der Waals surface area (Å²) in [4.78, 5) is 15.9. The fourth-order valence-corrected chi connectivity index (χ4v) is 1.96. The number of aliphatic imine (C=N–C) groups is 1. The van der Waals surface area contributed by atoms with Crippen molar-refractivity contribution in [2.24, 2.45) is 10.9 Å². The van der Waals surface area contributed by atoms with Gasteiger partial charge in [-0.05, 0) is 26.2 Å². The molecule has 0 rings (SSSR count). The van der Waals surface area contributed by atoms with Gasteiger partial charge >= 0.3 is 0 Å². The van der Waals surface area contributed by atoms with Crippen LogP contribution in [0.5, 0.6) is 0 Å². The molecule has 1 unspecified atom stereocenters. The lowest BCUT2D eigenvalue weighted by molar-refractivity contribution is -0.119. The zero-order valence-corrected chi connectivity index (χ0v) is 14.9. The number of rotatable bonds is 11. The summed E-state index contributed by atoms with van der Waals surface area (Å²) in [7, 11) is 1.61. The van der Waals surface area contributed by atoms with Crippen LogP contribution >= 0.6 is 0 Å². The lowest BCUT2D eigenvalue weighted by Gasteiger charge is -2.18. The molecule has 0 fully saturated rings. The van der Waals surface area contributed by atoms with Crippen molar-refractivity contribution in [2.45, 2.75) is 53.0 Å². The van der Waals surface area contributed by atoms with Crippen LogP contribution in [0.2, 0.25) is 0 Å². The summed E-state index contributed by atoms with van der Waals surface area (Å²) in [6, 6.07) is 0.341. The van der Waals surface area contributed by atoms with Gasteiger partial charge in [-0.2, -0.15) is 0 Å². The Balaban J connectivity index is 4.15. The van der Waals surface area contributed by atoms with E-state index in [0.29, 0.717) is 25.2 Å². The zero-order valence-electron chi connectivity index (χ0n) is 14.9. The monoisotopic (exact) mass is 314 g/mol. The third-order valence-corrected chi connectivity index (χ3v) is 3.16. The maximum atomic E-state index is 11.6. The van der Waals surface area contributed by atoms with Crippen LogP contribution in [0, 0.1) is 5.92 Å². The topological polar surface area (TPSA) is 74.8 Å². The maximum absolute atomic E-state index is 11.6. The molecule has 0 saturated heterocycles. The molecule has 0 aliphatic heterocycles. The predicted octanol–water partition coefficient (Wildman–Crippen LogP) is 1.52. The molecule has 0 saturated carbocycles. The molecule has 3 N–H and O–H groups in total. The Bertz CT molecular complexity index is 319. The average molecular weight is 314 g/mol. The van der Waals surface area contributed by atoms with E-state index in [1.54, 1.807) is 7.11 Å². The predicted molar refractivity (Wildman–Crippen MR) is 92.2 cm³/mol. The first-order valence-electron chi connectivity index (χ1n) is 8.30. The van der Waals surface area contributed by atoms with Gasteiger partial charge in [0.05, 0.1) is 6.61 Å². The molecular formula is C16H34N4O2. The lowest BCUT2D eigenvalue weighted by Crippen LogP contribution is -2.43. The fourth-order valence-electron chi connectivity index (χ4n) is 1.96. The van der Waals surface area contributed by atoms with Gasteiger partial charge in [0.1, 0.15) is 6.54 Å². The van der Waals surface area contributed by atoms with Crippen LogP contribution in [0.15, 0.2) is 4.99 Å². The summed E-state index contributed by atoms with van der Waals surface area (Å²) in [5, 5.41) is 9.27. The van der Waals surface area contributed by atoms with E-state index in [0.717, 1.165) is 18.9 Å². The fraction of sp³-hybridized carbons (Fsp3) is 0.875. The number of guanidine groups is 1. The Kier molecular flexibility index (Phi) is 12.6. The average Bonchev–Trinajstić information content (AvgIpc) is 2.45. The van der Waals surface area contributed by atoms with E-state index in [1.165, 1.54) is 12.8 Å². The van der Waals surface area contributed by atoms with Crippen LogP contribution in [0.4, 0.5) is 0 Å². The minimum absolute atomic E-state index is 0.0956. The number of nitrogens with zero attached hydrogens (tertiary/aromatic N) is 1. The molecule has 0 aromatic carbocycles. The minimum Gasteiger partial charge on any atom is -0.383 e. The number of nitrogens with one attached hydrogen (secondary N) is 3. The van der Waals surface area contributed by atoms with Gasteiger partial charge in [-0.15, -0.1) is 0 Å². The molecule has 0 bridgehead atoms. The second kappa shape index (κ2) is 13.4. The second-order valence-electron chi connectivity index (χ2n) is 5.91. The first kappa shape index (κ1) is 20.7. The zero-order chi connectivity index (χ0) is 16.8. The summed E-state index contributed by atoms with van der Waals surface area (Å²) >= 11 is 0. The van der Waals surface area contributed by atoms with Gasteiger partial charge in [-0.25, -0.2) is 4.99 Å². The third kappa shape index (κ3) is 12.4. The molecule has 0 radical (unpaired) electrons. The van der Waals surface area contributed by atoms with Crippen molar-refractivity contribution in [3.05, 3.63) is 0 Å². The van der Waals surface area contributed by atoms with Crippen molar-refractivity contribution < 1.29 is 9.53 Å². The van der Waals surface area contributed by atoms with Crippen molar-refractivity contribution in [3.63, 3.8) is 0 Å². The third-order valence-electron chi connectivity index (χ3n) is 3.16. The number of amides is 1. The Morgan fingerprint density at radius 2 is 1.91 bits per heavy atom. The number of ether oxygens (including phenoxy) is 1. The molecule has 0 aromatic heterocycles. The van der Waals surface area contributed by atoms with E-state index in [2.05, 4.69) is 41.7 Å². The van der Waals surface area contributed by atoms with E-state index in [-0.39, 0.29) is 12.5 Å². The molecule has 22 heavy (non-hydrogen) atoms. The highest BCUT2D eigenvalue weighted by molar-refractivity contribution is 5.85. The normalized spacial score (nSPS) is 13.1. The first-order valence-corrected chi connectivity index (χ1v) is 8.30. The lowest BCUT2D eigenvalue weighted by atomic mass is 10.0.